The quantitative estimate of drug-likeness (QED) is 0.493. The molecule has 0 N–H and O–H groups in total. The zero-order valence-corrected chi connectivity index (χ0v) is 12.9. The molecule has 0 radical (unpaired) electrons. The second-order valence-corrected chi connectivity index (χ2v) is 5.51. The van der Waals surface area contributed by atoms with Crippen molar-refractivity contribution in [3.05, 3.63) is 64.7 Å². The molecular weight excluding hydrogens is 318 g/mol. The van der Waals surface area contributed by atoms with Gasteiger partial charge in [0, 0.05) is 5.02 Å². The van der Waals surface area contributed by atoms with Gasteiger partial charge in [0.25, 0.3) is 11.8 Å². The highest BCUT2D eigenvalue weighted by atomic mass is 35.5. The number of rotatable bonds is 3. The molecule has 0 saturated heterocycles. The lowest BCUT2D eigenvalue weighted by atomic mass is 10.1. The van der Waals surface area contributed by atoms with E-state index in [1.807, 2.05) is 0 Å². The molecule has 2 aromatic carbocycles. The van der Waals surface area contributed by atoms with Crippen molar-refractivity contribution in [2.24, 2.45) is 0 Å². The maximum atomic E-state index is 12.3. The zero-order chi connectivity index (χ0) is 16.6. The zero-order valence-electron chi connectivity index (χ0n) is 12.2. The lowest BCUT2D eigenvalue weighted by Crippen LogP contribution is -2.44. The van der Waals surface area contributed by atoms with E-state index in [-0.39, 0.29) is 0 Å². The van der Waals surface area contributed by atoms with Gasteiger partial charge >= 0.3 is 5.97 Å². The van der Waals surface area contributed by atoms with E-state index in [1.54, 1.807) is 36.4 Å². The molecule has 1 heterocycles. The second-order valence-electron chi connectivity index (χ2n) is 5.08. The number of nitrogens with zero attached hydrogens (tertiary/aromatic N) is 1. The molecule has 1 unspecified atom stereocenters. The normalized spacial score (nSPS) is 14.6. The fourth-order valence-electron chi connectivity index (χ4n) is 2.37. The standard InChI is InChI=1S/C17H12ClNO4/c1-10(17(22)23-12-8-6-11(18)7-9-12)19-15(20)13-4-2-3-5-14(13)16(19)21/h2-10H,1H3. The average Bonchev–Trinajstić information content (AvgIpc) is 2.81. The Morgan fingerprint density at radius 3 is 2.04 bits per heavy atom. The Hall–Kier alpha value is -2.66. The number of imide groups is 1. The van der Waals surface area contributed by atoms with Gasteiger partial charge in [0.1, 0.15) is 11.8 Å². The Bertz CT molecular complexity index is 765. The van der Waals surface area contributed by atoms with Crippen molar-refractivity contribution in [2.75, 3.05) is 0 Å². The predicted octanol–water partition coefficient (Wildman–Crippen LogP) is 2.93. The van der Waals surface area contributed by atoms with Crippen molar-refractivity contribution >= 4 is 29.4 Å². The highest BCUT2D eigenvalue weighted by Crippen LogP contribution is 2.25. The van der Waals surface area contributed by atoms with Gasteiger partial charge in [0.05, 0.1) is 11.1 Å². The SMILES string of the molecule is CC(C(=O)Oc1ccc(Cl)cc1)N1C(=O)c2ccccc2C1=O. The largest absolute Gasteiger partial charge is 0.425 e. The van der Waals surface area contributed by atoms with Gasteiger partial charge in [0.15, 0.2) is 0 Å². The van der Waals surface area contributed by atoms with Gasteiger partial charge in [-0.2, -0.15) is 0 Å². The summed E-state index contributed by atoms with van der Waals surface area (Å²) in [5.41, 5.74) is 0.590. The van der Waals surface area contributed by atoms with Gasteiger partial charge in [-0.15, -0.1) is 0 Å². The summed E-state index contributed by atoms with van der Waals surface area (Å²) in [6, 6.07) is 11.7. The maximum Gasteiger partial charge on any atom is 0.334 e. The van der Waals surface area contributed by atoms with Crippen molar-refractivity contribution in [1.29, 1.82) is 0 Å². The third-order valence-corrected chi connectivity index (χ3v) is 3.84. The molecule has 0 bridgehead atoms. The lowest BCUT2D eigenvalue weighted by Gasteiger charge is -2.20. The molecular formula is C17H12ClNO4. The molecule has 116 valence electrons. The molecule has 0 saturated carbocycles. The summed E-state index contributed by atoms with van der Waals surface area (Å²) in [5.74, 6) is -1.39. The Morgan fingerprint density at radius 2 is 1.52 bits per heavy atom. The molecule has 1 aliphatic heterocycles. The number of benzene rings is 2. The van der Waals surface area contributed by atoms with Crippen LogP contribution < -0.4 is 4.74 Å². The lowest BCUT2D eigenvalue weighted by molar-refractivity contribution is -0.138. The van der Waals surface area contributed by atoms with E-state index in [1.165, 1.54) is 19.1 Å². The number of hydrogen-bond acceptors (Lipinski definition) is 4. The van der Waals surface area contributed by atoms with Gasteiger partial charge in [-0.05, 0) is 43.3 Å². The maximum absolute atomic E-state index is 12.3. The van der Waals surface area contributed by atoms with Crippen molar-refractivity contribution < 1.29 is 19.1 Å². The summed E-state index contributed by atoms with van der Waals surface area (Å²) < 4.78 is 5.20. The first-order chi connectivity index (χ1) is 11.0. The van der Waals surface area contributed by atoms with E-state index in [0.29, 0.717) is 21.9 Å². The van der Waals surface area contributed by atoms with Gasteiger partial charge in [-0.25, -0.2) is 4.79 Å². The van der Waals surface area contributed by atoms with Gasteiger partial charge in [-0.1, -0.05) is 23.7 Å². The van der Waals surface area contributed by atoms with Crippen LogP contribution in [0.25, 0.3) is 0 Å². The van der Waals surface area contributed by atoms with E-state index < -0.39 is 23.8 Å². The summed E-state index contributed by atoms with van der Waals surface area (Å²) in [5, 5.41) is 0.512. The highest BCUT2D eigenvalue weighted by molar-refractivity contribution is 6.30. The second kappa shape index (κ2) is 5.85. The number of esters is 1. The Kier molecular flexibility index (Phi) is 3.88. The molecule has 0 aliphatic carbocycles. The summed E-state index contributed by atoms with van der Waals surface area (Å²) in [6.45, 7) is 1.46. The molecule has 2 amide bonds. The van der Waals surface area contributed by atoms with Crippen LogP contribution in [0.5, 0.6) is 5.75 Å². The first-order valence-corrected chi connectivity index (χ1v) is 7.31. The van der Waals surface area contributed by atoms with Crippen LogP contribution >= 0.6 is 11.6 Å². The smallest absolute Gasteiger partial charge is 0.334 e. The van der Waals surface area contributed by atoms with Crippen LogP contribution in [0.4, 0.5) is 0 Å². The molecule has 23 heavy (non-hydrogen) atoms. The van der Waals surface area contributed by atoms with Gasteiger partial charge < -0.3 is 4.74 Å². The van der Waals surface area contributed by atoms with E-state index >= 15 is 0 Å². The van der Waals surface area contributed by atoms with Crippen LogP contribution in [0.1, 0.15) is 27.6 Å². The minimum absolute atomic E-state index is 0.294. The Balaban J connectivity index is 1.79. The molecule has 1 atom stereocenters. The van der Waals surface area contributed by atoms with Crippen molar-refractivity contribution in [3.63, 3.8) is 0 Å². The molecule has 5 nitrogen and oxygen atoms in total. The number of amides is 2. The summed E-state index contributed by atoms with van der Waals surface area (Å²) in [7, 11) is 0. The molecule has 6 heteroatoms. The van der Waals surface area contributed by atoms with Crippen LogP contribution in [0, 0.1) is 0 Å². The van der Waals surface area contributed by atoms with Crippen molar-refractivity contribution in [3.8, 4) is 5.75 Å². The topological polar surface area (TPSA) is 63.7 Å². The van der Waals surface area contributed by atoms with Gasteiger partial charge in [0.2, 0.25) is 0 Å². The van der Waals surface area contributed by atoms with Crippen LogP contribution in [-0.4, -0.2) is 28.7 Å². The molecule has 0 aromatic heterocycles. The summed E-state index contributed by atoms with van der Waals surface area (Å²) >= 11 is 5.77. The number of carbonyl (C=O) groups is 3. The molecule has 1 aliphatic rings. The number of hydrogen-bond donors (Lipinski definition) is 0. The number of halogens is 1. The first-order valence-electron chi connectivity index (χ1n) is 6.93. The van der Waals surface area contributed by atoms with Crippen LogP contribution in [-0.2, 0) is 4.79 Å². The summed E-state index contributed by atoms with van der Waals surface area (Å²) in [4.78, 5) is 37.8. The number of ether oxygens (including phenoxy) is 1. The third kappa shape index (κ3) is 2.71. The fourth-order valence-corrected chi connectivity index (χ4v) is 2.50. The van der Waals surface area contributed by atoms with Crippen molar-refractivity contribution in [1.82, 2.24) is 4.90 Å². The molecule has 0 spiro atoms. The van der Waals surface area contributed by atoms with Gasteiger partial charge in [-0.3, -0.25) is 14.5 Å². The monoisotopic (exact) mass is 329 g/mol. The Labute approximate surface area is 137 Å². The third-order valence-electron chi connectivity index (χ3n) is 3.59. The van der Waals surface area contributed by atoms with Crippen LogP contribution in [0.15, 0.2) is 48.5 Å². The molecule has 3 rings (SSSR count). The van der Waals surface area contributed by atoms with Crippen LogP contribution in [0.2, 0.25) is 5.02 Å². The molecule has 2 aromatic rings. The molecule has 0 fully saturated rings. The Morgan fingerprint density at radius 1 is 1.00 bits per heavy atom. The van der Waals surface area contributed by atoms with Crippen molar-refractivity contribution in [2.45, 2.75) is 13.0 Å². The van der Waals surface area contributed by atoms with E-state index in [9.17, 15) is 14.4 Å². The average molecular weight is 330 g/mol. The fraction of sp³-hybridized carbons (Fsp3) is 0.118. The highest BCUT2D eigenvalue weighted by Gasteiger charge is 2.41. The first kappa shape index (κ1) is 15.2. The summed E-state index contributed by atoms with van der Waals surface area (Å²) in [6.07, 6.45) is 0. The van der Waals surface area contributed by atoms with E-state index in [4.69, 9.17) is 16.3 Å². The van der Waals surface area contributed by atoms with E-state index in [0.717, 1.165) is 4.90 Å². The minimum atomic E-state index is -1.03. The van der Waals surface area contributed by atoms with Crippen LogP contribution in [0.3, 0.4) is 0 Å². The number of carbonyl (C=O) groups excluding carboxylic acids is 3. The number of fused-ring (bicyclic) bond motifs is 1. The van der Waals surface area contributed by atoms with E-state index in [2.05, 4.69) is 0 Å². The predicted molar refractivity (Wildman–Crippen MR) is 83.5 cm³/mol. The minimum Gasteiger partial charge on any atom is -0.425 e.